The first kappa shape index (κ1) is 33.6. The molecule has 228 valence electrons. The molecule has 4 atom stereocenters. The van der Waals surface area contributed by atoms with E-state index in [9.17, 15) is 24.0 Å². The van der Waals surface area contributed by atoms with Gasteiger partial charge in [-0.15, -0.1) is 0 Å². The van der Waals surface area contributed by atoms with Gasteiger partial charge in [-0.05, 0) is 44.9 Å². The van der Waals surface area contributed by atoms with Crippen LogP contribution in [0.25, 0.3) is 0 Å². The lowest BCUT2D eigenvalue weighted by Crippen LogP contribution is -2.62. The second-order valence-corrected chi connectivity index (χ2v) is 11.4. The van der Waals surface area contributed by atoms with Crippen LogP contribution in [0.2, 0.25) is 0 Å². The third-order valence-corrected chi connectivity index (χ3v) is 7.13. The third kappa shape index (κ3) is 9.50. The average molecular weight is 575 g/mol. The number of carbonyl (C=O) groups excluding carboxylic acids is 5. The van der Waals surface area contributed by atoms with Crippen LogP contribution in [0.4, 0.5) is 4.79 Å². The minimum atomic E-state index is -0.946. The van der Waals surface area contributed by atoms with Gasteiger partial charge in [-0.3, -0.25) is 29.3 Å². The number of rotatable bonds is 12. The fraction of sp³-hybridized carbons (Fsp3) is 0.690. The van der Waals surface area contributed by atoms with Crippen molar-refractivity contribution in [3.8, 4) is 0 Å². The Morgan fingerprint density at radius 2 is 1.59 bits per heavy atom. The van der Waals surface area contributed by atoms with Gasteiger partial charge in [0.25, 0.3) is 0 Å². The van der Waals surface area contributed by atoms with Crippen molar-refractivity contribution in [2.45, 2.75) is 98.3 Å². The van der Waals surface area contributed by atoms with E-state index in [1.807, 2.05) is 34.6 Å². The van der Waals surface area contributed by atoms with E-state index < -0.39 is 30.1 Å². The van der Waals surface area contributed by atoms with E-state index in [1.54, 1.807) is 6.92 Å². The summed E-state index contributed by atoms with van der Waals surface area (Å²) in [7, 11) is 0. The number of nitrogens with zero attached hydrogens (tertiary/aromatic N) is 4. The summed E-state index contributed by atoms with van der Waals surface area (Å²) in [5.74, 6) is -0.276. The number of Topliss-reactive ketones (excluding diaryl/α,β-unsaturated/α-hetero) is 1. The minimum absolute atomic E-state index is 0.0491. The standard InChI is InChI=1S/C29H46N6O6/c1-9-13-41-29(40)35-16-25(38)32-26(22(35)12-11-19(7)36)31-21(10-2)28(39)34-15-24(37)33-27(23(34)14-17(3)4)30-20(8)18(5)6/h9,17-18,20-23H,1,10-16H2,2-8H3,(H,30,33,37)(H,31,32,38)/t20-,21?,22+,23+/m1/s1. The summed E-state index contributed by atoms with van der Waals surface area (Å²) in [6, 6.07) is -2.24. The highest BCUT2D eigenvalue weighted by atomic mass is 16.6. The molecule has 2 heterocycles. The predicted octanol–water partition coefficient (Wildman–Crippen LogP) is 2.47. The number of carbonyl (C=O) groups is 5. The molecule has 0 aliphatic carbocycles. The van der Waals surface area contributed by atoms with E-state index in [0.717, 1.165) is 0 Å². The van der Waals surface area contributed by atoms with Crippen LogP contribution < -0.4 is 10.6 Å². The monoisotopic (exact) mass is 574 g/mol. The van der Waals surface area contributed by atoms with E-state index in [0.29, 0.717) is 12.3 Å². The number of hydrogen-bond acceptors (Lipinski definition) is 8. The maximum absolute atomic E-state index is 14.0. The fourth-order valence-corrected chi connectivity index (χ4v) is 4.60. The zero-order chi connectivity index (χ0) is 30.9. The van der Waals surface area contributed by atoms with Gasteiger partial charge in [0.15, 0.2) is 0 Å². The summed E-state index contributed by atoms with van der Waals surface area (Å²) < 4.78 is 5.18. The molecule has 0 aromatic carbocycles. The number of amides is 4. The maximum atomic E-state index is 14.0. The van der Waals surface area contributed by atoms with Crippen LogP contribution in [-0.4, -0.2) is 94.9 Å². The molecule has 0 aromatic heterocycles. The van der Waals surface area contributed by atoms with Gasteiger partial charge < -0.3 is 25.1 Å². The van der Waals surface area contributed by atoms with Crippen LogP contribution in [0, 0.1) is 11.8 Å². The van der Waals surface area contributed by atoms with Crippen molar-refractivity contribution in [2.24, 2.45) is 21.8 Å². The Bertz CT molecular complexity index is 1070. The van der Waals surface area contributed by atoms with Crippen LogP contribution in [0.1, 0.15) is 74.1 Å². The summed E-state index contributed by atoms with van der Waals surface area (Å²) in [5.41, 5.74) is 0. The second kappa shape index (κ2) is 15.4. The minimum Gasteiger partial charge on any atom is -0.445 e. The van der Waals surface area contributed by atoms with Crippen molar-refractivity contribution >= 4 is 41.3 Å². The molecule has 2 saturated heterocycles. The molecule has 0 saturated carbocycles. The van der Waals surface area contributed by atoms with Crippen LogP contribution in [0.3, 0.4) is 0 Å². The van der Waals surface area contributed by atoms with Crippen LogP contribution in [0.15, 0.2) is 22.6 Å². The molecule has 2 rings (SSSR count). The first-order chi connectivity index (χ1) is 19.3. The topological polar surface area (TPSA) is 150 Å². The Hall–Kier alpha value is -3.57. The summed E-state index contributed by atoms with van der Waals surface area (Å²) in [5, 5.41) is 5.59. The second-order valence-electron chi connectivity index (χ2n) is 11.4. The van der Waals surface area contributed by atoms with Crippen molar-refractivity contribution in [1.29, 1.82) is 0 Å². The molecule has 12 heteroatoms. The van der Waals surface area contributed by atoms with E-state index in [-0.39, 0.29) is 80.3 Å². The Morgan fingerprint density at radius 3 is 2.10 bits per heavy atom. The molecule has 41 heavy (non-hydrogen) atoms. The normalized spacial score (nSPS) is 23.0. The summed E-state index contributed by atoms with van der Waals surface area (Å²) in [4.78, 5) is 76.1. The van der Waals surface area contributed by atoms with Crippen molar-refractivity contribution in [3.05, 3.63) is 12.7 Å². The number of nitrogens with one attached hydrogen (secondary N) is 2. The molecular formula is C29H46N6O6. The van der Waals surface area contributed by atoms with Gasteiger partial charge in [-0.25, -0.2) is 4.79 Å². The Balaban J connectivity index is 2.50. The van der Waals surface area contributed by atoms with E-state index in [4.69, 9.17) is 9.73 Å². The zero-order valence-corrected chi connectivity index (χ0v) is 25.4. The number of aliphatic imine (C=N–C) groups is 2. The van der Waals surface area contributed by atoms with Crippen molar-refractivity contribution in [3.63, 3.8) is 0 Å². The highest BCUT2D eigenvalue weighted by molar-refractivity contribution is 6.09. The molecule has 12 nitrogen and oxygen atoms in total. The van der Waals surface area contributed by atoms with E-state index in [1.165, 1.54) is 22.8 Å². The Kier molecular flexibility index (Phi) is 12.7. The quantitative estimate of drug-likeness (QED) is 0.342. The molecule has 2 N–H and O–H groups in total. The summed E-state index contributed by atoms with van der Waals surface area (Å²) in [6.07, 6.45) is 1.85. The number of amidine groups is 2. The number of ketones is 1. The smallest absolute Gasteiger partial charge is 0.411 e. The lowest BCUT2D eigenvalue weighted by molar-refractivity contribution is -0.139. The van der Waals surface area contributed by atoms with Gasteiger partial charge in [-0.1, -0.05) is 47.3 Å². The van der Waals surface area contributed by atoms with Gasteiger partial charge in [-0.2, -0.15) is 0 Å². The van der Waals surface area contributed by atoms with E-state index in [2.05, 4.69) is 22.2 Å². The number of piperazine rings is 2. The zero-order valence-electron chi connectivity index (χ0n) is 25.4. The third-order valence-electron chi connectivity index (χ3n) is 7.13. The molecule has 0 radical (unpaired) electrons. The van der Waals surface area contributed by atoms with Gasteiger partial charge >= 0.3 is 6.09 Å². The van der Waals surface area contributed by atoms with Crippen molar-refractivity contribution < 1.29 is 28.7 Å². The molecule has 0 aromatic rings. The lowest BCUT2D eigenvalue weighted by atomic mass is 9.97. The SMILES string of the molecule is C=CCOC(=O)N1CC(=O)NC(=NC(CC)C(=O)N2CC(=O)NC(=N[C@H](C)C(C)C)[C@@H]2CC(C)C)[C@@H]1CCC(C)=O. The summed E-state index contributed by atoms with van der Waals surface area (Å²) >= 11 is 0. The molecule has 0 spiro atoms. The first-order valence-electron chi connectivity index (χ1n) is 14.4. The van der Waals surface area contributed by atoms with Gasteiger partial charge in [0.05, 0.1) is 18.1 Å². The highest BCUT2D eigenvalue weighted by Crippen LogP contribution is 2.22. The fourth-order valence-electron chi connectivity index (χ4n) is 4.60. The molecule has 4 amide bonds. The first-order valence-corrected chi connectivity index (χ1v) is 14.4. The van der Waals surface area contributed by atoms with Gasteiger partial charge in [0.1, 0.15) is 43.2 Å². The largest absolute Gasteiger partial charge is 0.445 e. The van der Waals surface area contributed by atoms with Crippen LogP contribution in [0.5, 0.6) is 0 Å². The maximum Gasteiger partial charge on any atom is 0.411 e. The molecule has 0 bridgehead atoms. The average Bonchev–Trinajstić information content (AvgIpc) is 2.89. The van der Waals surface area contributed by atoms with Crippen LogP contribution in [-0.2, 0) is 23.9 Å². The Labute approximate surface area is 243 Å². The Morgan fingerprint density at radius 1 is 1.00 bits per heavy atom. The summed E-state index contributed by atoms with van der Waals surface area (Å²) in [6.45, 7) is 16.4. The molecule has 1 unspecified atom stereocenters. The molecule has 2 aliphatic heterocycles. The lowest BCUT2D eigenvalue weighted by Gasteiger charge is -2.39. The van der Waals surface area contributed by atoms with Gasteiger partial charge in [0, 0.05) is 6.42 Å². The van der Waals surface area contributed by atoms with Gasteiger partial charge in [0.2, 0.25) is 17.7 Å². The molecular weight excluding hydrogens is 528 g/mol. The highest BCUT2D eigenvalue weighted by Gasteiger charge is 2.40. The van der Waals surface area contributed by atoms with Crippen molar-refractivity contribution in [1.82, 2.24) is 20.4 Å². The van der Waals surface area contributed by atoms with Crippen LogP contribution >= 0.6 is 0 Å². The number of ether oxygens (including phenoxy) is 1. The van der Waals surface area contributed by atoms with Crippen molar-refractivity contribution in [2.75, 3.05) is 19.7 Å². The molecule has 2 fully saturated rings. The predicted molar refractivity (Wildman–Crippen MR) is 156 cm³/mol. The van der Waals surface area contributed by atoms with E-state index >= 15 is 0 Å². The number of hydrogen-bond donors (Lipinski definition) is 2. The molecule has 2 aliphatic rings.